The fraction of sp³-hybridized carbons (Fsp3) is 0.500. The van der Waals surface area contributed by atoms with Crippen molar-refractivity contribution in [2.24, 2.45) is 11.8 Å². The Morgan fingerprint density at radius 1 is 0.944 bits per heavy atom. The molecule has 0 saturated carbocycles. The van der Waals surface area contributed by atoms with Crippen molar-refractivity contribution in [2.75, 3.05) is 25.1 Å². The van der Waals surface area contributed by atoms with Gasteiger partial charge in [-0.3, -0.25) is 4.79 Å². The first-order valence-corrected chi connectivity index (χ1v) is 15.5. The van der Waals surface area contributed by atoms with E-state index in [1.165, 1.54) is 23.4 Å². The van der Waals surface area contributed by atoms with Gasteiger partial charge < -0.3 is 10.4 Å². The molecule has 3 atom stereocenters. The zero-order valence-electron chi connectivity index (χ0n) is 21.4. The smallest absolute Gasteiger partial charge is 0.243 e. The number of sulfone groups is 1. The van der Waals surface area contributed by atoms with Crippen LogP contribution in [-0.2, 0) is 31.1 Å². The number of aliphatic hydroxyl groups excluding tert-OH is 1. The van der Waals surface area contributed by atoms with Gasteiger partial charge >= 0.3 is 0 Å². The number of rotatable bonds is 14. The molecule has 200 valence electrons. The third kappa shape index (κ3) is 9.65. The van der Waals surface area contributed by atoms with Gasteiger partial charge in [-0.15, -0.1) is 0 Å². The topological polar surface area (TPSA) is 121 Å². The molecule has 0 radical (unpaired) electrons. The molecule has 2 rings (SSSR count). The van der Waals surface area contributed by atoms with Crippen molar-refractivity contribution in [3.05, 3.63) is 66.2 Å². The van der Waals surface area contributed by atoms with E-state index in [1.807, 2.05) is 44.2 Å². The summed E-state index contributed by atoms with van der Waals surface area (Å²) in [5.74, 6) is -1.42. The Morgan fingerprint density at radius 2 is 1.50 bits per heavy atom. The van der Waals surface area contributed by atoms with Crippen molar-refractivity contribution in [1.29, 1.82) is 0 Å². The van der Waals surface area contributed by atoms with Crippen LogP contribution < -0.4 is 5.32 Å². The van der Waals surface area contributed by atoms with Crippen molar-refractivity contribution in [3.8, 4) is 0 Å². The number of hydrogen-bond donors (Lipinski definition) is 2. The lowest BCUT2D eigenvalue weighted by atomic mass is 10.00. The Balaban J connectivity index is 2.31. The van der Waals surface area contributed by atoms with Gasteiger partial charge in [-0.2, -0.15) is 4.31 Å². The number of aliphatic hydroxyl groups is 1. The van der Waals surface area contributed by atoms with Gasteiger partial charge in [-0.25, -0.2) is 16.8 Å². The van der Waals surface area contributed by atoms with Gasteiger partial charge in [0.25, 0.3) is 0 Å². The molecule has 8 nitrogen and oxygen atoms in total. The number of hydrogen-bond acceptors (Lipinski definition) is 6. The lowest BCUT2D eigenvalue weighted by Gasteiger charge is -2.31. The Morgan fingerprint density at radius 3 is 2.03 bits per heavy atom. The number of sulfonamides is 1. The fourth-order valence-electron chi connectivity index (χ4n) is 3.80. The largest absolute Gasteiger partial charge is 0.390 e. The molecule has 2 unspecified atom stereocenters. The highest BCUT2D eigenvalue weighted by Crippen LogP contribution is 2.19. The second-order valence-corrected chi connectivity index (χ2v) is 13.8. The molecule has 2 aromatic rings. The molecule has 0 aliphatic carbocycles. The third-order valence-electron chi connectivity index (χ3n) is 5.82. The van der Waals surface area contributed by atoms with Gasteiger partial charge in [-0.1, -0.05) is 69.3 Å². The number of amides is 1. The molecule has 0 saturated heterocycles. The number of nitrogens with one attached hydrogen (secondary N) is 1. The highest BCUT2D eigenvalue weighted by molar-refractivity contribution is 7.90. The van der Waals surface area contributed by atoms with Gasteiger partial charge in [0, 0.05) is 25.3 Å². The fourth-order valence-corrected chi connectivity index (χ4v) is 6.35. The minimum atomic E-state index is -3.89. The van der Waals surface area contributed by atoms with Crippen LogP contribution in [0.2, 0.25) is 0 Å². The van der Waals surface area contributed by atoms with Crippen LogP contribution in [0, 0.1) is 11.8 Å². The lowest BCUT2D eigenvalue weighted by Crippen LogP contribution is -2.52. The van der Waals surface area contributed by atoms with E-state index in [4.69, 9.17) is 0 Å². The zero-order chi connectivity index (χ0) is 26.9. The molecule has 2 aromatic carbocycles. The van der Waals surface area contributed by atoms with Gasteiger partial charge in [0.2, 0.25) is 15.9 Å². The van der Waals surface area contributed by atoms with Crippen LogP contribution in [0.4, 0.5) is 0 Å². The van der Waals surface area contributed by atoms with Crippen molar-refractivity contribution in [2.45, 2.75) is 50.7 Å². The van der Waals surface area contributed by atoms with Crippen LogP contribution in [0.25, 0.3) is 0 Å². The Bertz CT molecular complexity index is 1170. The first-order valence-electron chi connectivity index (χ1n) is 12.0. The first-order chi connectivity index (χ1) is 16.8. The van der Waals surface area contributed by atoms with Crippen molar-refractivity contribution in [1.82, 2.24) is 9.62 Å². The Hall–Kier alpha value is -2.27. The molecule has 0 aliphatic heterocycles. The highest BCUT2D eigenvalue weighted by atomic mass is 32.2. The summed E-state index contributed by atoms with van der Waals surface area (Å²) in [5, 5.41) is 14.0. The SMILES string of the molecule is CC(C)CCN(CC(O)[C@H](Cc1ccccc1)NC(=O)C(C)CS(C)(=O)=O)S(=O)(=O)c1ccccc1. The normalized spacial score (nSPS) is 15.0. The number of benzene rings is 2. The van der Waals surface area contributed by atoms with E-state index in [0.717, 1.165) is 11.8 Å². The predicted octanol–water partition coefficient (Wildman–Crippen LogP) is 2.49. The summed E-state index contributed by atoms with van der Waals surface area (Å²) in [7, 11) is -7.26. The minimum Gasteiger partial charge on any atom is -0.390 e. The number of nitrogens with zero attached hydrogens (tertiary/aromatic N) is 1. The van der Waals surface area contributed by atoms with E-state index in [1.54, 1.807) is 18.2 Å². The zero-order valence-corrected chi connectivity index (χ0v) is 23.0. The quantitative estimate of drug-likeness (QED) is 0.381. The molecule has 0 bridgehead atoms. The van der Waals surface area contributed by atoms with Gasteiger partial charge in [0.1, 0.15) is 9.84 Å². The van der Waals surface area contributed by atoms with Crippen LogP contribution in [0.5, 0.6) is 0 Å². The summed E-state index contributed by atoms with van der Waals surface area (Å²) >= 11 is 0. The summed E-state index contributed by atoms with van der Waals surface area (Å²) < 4.78 is 51.4. The molecule has 2 N–H and O–H groups in total. The highest BCUT2D eigenvalue weighted by Gasteiger charge is 2.31. The summed E-state index contributed by atoms with van der Waals surface area (Å²) in [4.78, 5) is 13.0. The Kier molecular flexibility index (Phi) is 11.1. The molecule has 0 aromatic heterocycles. The third-order valence-corrected chi connectivity index (χ3v) is 8.80. The van der Waals surface area contributed by atoms with Crippen LogP contribution >= 0.6 is 0 Å². The summed E-state index contributed by atoms with van der Waals surface area (Å²) in [5.41, 5.74) is 0.845. The maximum atomic E-state index is 13.4. The maximum absolute atomic E-state index is 13.4. The monoisotopic (exact) mass is 538 g/mol. The van der Waals surface area contributed by atoms with Crippen molar-refractivity contribution in [3.63, 3.8) is 0 Å². The number of carbonyl (C=O) groups is 1. The average Bonchev–Trinajstić information content (AvgIpc) is 2.81. The van der Waals surface area contributed by atoms with E-state index < -0.39 is 43.8 Å². The molecule has 36 heavy (non-hydrogen) atoms. The molecule has 0 heterocycles. The average molecular weight is 539 g/mol. The second-order valence-electron chi connectivity index (χ2n) is 9.72. The standard InChI is InChI=1S/C26H38N2O6S2/c1-20(2)15-16-28(36(33,34)23-13-9-6-10-14-23)18-25(29)24(17-22-11-7-5-8-12-22)27-26(30)21(3)19-35(4,31)32/h5-14,20-21,24-25,29H,15-19H2,1-4H3,(H,27,30)/t21?,24-,25?/m0/s1. The van der Waals surface area contributed by atoms with E-state index in [0.29, 0.717) is 6.42 Å². The van der Waals surface area contributed by atoms with Crippen molar-refractivity contribution >= 4 is 25.8 Å². The lowest BCUT2D eigenvalue weighted by molar-refractivity contribution is -0.125. The molecule has 0 spiro atoms. The molecular formula is C26H38N2O6S2. The van der Waals surface area contributed by atoms with E-state index >= 15 is 0 Å². The van der Waals surface area contributed by atoms with Gasteiger partial charge in [0.05, 0.1) is 22.8 Å². The predicted molar refractivity (Wildman–Crippen MR) is 142 cm³/mol. The summed E-state index contributed by atoms with van der Waals surface area (Å²) in [6.07, 6.45) is 0.682. The molecule has 0 fully saturated rings. The van der Waals surface area contributed by atoms with E-state index in [-0.39, 0.29) is 36.1 Å². The van der Waals surface area contributed by atoms with Crippen LogP contribution in [-0.4, -0.2) is 69.4 Å². The first kappa shape index (κ1) is 30.0. The molecule has 0 aliphatic rings. The summed E-state index contributed by atoms with van der Waals surface area (Å²) in [6, 6.07) is 16.4. The van der Waals surface area contributed by atoms with E-state index in [9.17, 15) is 26.7 Å². The van der Waals surface area contributed by atoms with E-state index in [2.05, 4.69) is 5.32 Å². The summed E-state index contributed by atoms with van der Waals surface area (Å²) in [6.45, 7) is 5.48. The van der Waals surface area contributed by atoms with Crippen LogP contribution in [0.15, 0.2) is 65.6 Å². The molecule has 1 amide bonds. The second kappa shape index (κ2) is 13.3. The minimum absolute atomic E-state index is 0.131. The molecule has 10 heteroatoms. The maximum Gasteiger partial charge on any atom is 0.243 e. The van der Waals surface area contributed by atoms with Gasteiger partial charge in [0.15, 0.2) is 0 Å². The van der Waals surface area contributed by atoms with Gasteiger partial charge in [-0.05, 0) is 36.5 Å². The Labute approximate surface area is 215 Å². The van der Waals surface area contributed by atoms with Crippen molar-refractivity contribution < 1.29 is 26.7 Å². The van der Waals surface area contributed by atoms with Crippen LogP contribution in [0.1, 0.15) is 32.8 Å². The van der Waals surface area contributed by atoms with Crippen LogP contribution in [0.3, 0.4) is 0 Å². The molecular weight excluding hydrogens is 500 g/mol. The number of carbonyl (C=O) groups excluding carboxylic acids is 1.